The molecule has 0 saturated heterocycles. The maximum atomic E-state index is 11.5. The summed E-state index contributed by atoms with van der Waals surface area (Å²) in [6.07, 6.45) is 2.15. The van der Waals surface area contributed by atoms with Crippen molar-refractivity contribution in [2.75, 3.05) is 19.8 Å². The summed E-state index contributed by atoms with van der Waals surface area (Å²) in [7, 11) is 0. The first-order valence-electron chi connectivity index (χ1n) is 5.52. The largest absolute Gasteiger partial charge is 0.463 e. The summed E-state index contributed by atoms with van der Waals surface area (Å²) in [4.78, 5) is 19.5. The van der Waals surface area contributed by atoms with Crippen molar-refractivity contribution >= 4 is 5.97 Å². The third-order valence-corrected chi connectivity index (χ3v) is 2.03. The number of aromatic nitrogens is 2. The van der Waals surface area contributed by atoms with Crippen molar-refractivity contribution in [1.29, 1.82) is 0 Å². The maximum absolute atomic E-state index is 11.5. The second-order valence-corrected chi connectivity index (χ2v) is 3.36. The van der Waals surface area contributed by atoms with Gasteiger partial charge in [0, 0.05) is 6.20 Å². The Bertz CT molecular complexity index is 382. The SMILES string of the molecule is CCOC(=O)c1cnc(OCCCN)nc1C. The van der Waals surface area contributed by atoms with Gasteiger partial charge in [0.25, 0.3) is 0 Å². The van der Waals surface area contributed by atoms with Crippen LogP contribution in [0.2, 0.25) is 0 Å². The van der Waals surface area contributed by atoms with Crippen molar-refractivity contribution in [3.63, 3.8) is 0 Å². The molecule has 0 aromatic carbocycles. The van der Waals surface area contributed by atoms with Gasteiger partial charge in [-0.2, -0.15) is 4.98 Å². The Morgan fingerprint density at radius 3 is 2.88 bits per heavy atom. The van der Waals surface area contributed by atoms with Gasteiger partial charge in [-0.1, -0.05) is 0 Å². The minimum Gasteiger partial charge on any atom is -0.463 e. The predicted molar refractivity (Wildman–Crippen MR) is 61.9 cm³/mol. The van der Waals surface area contributed by atoms with Crippen molar-refractivity contribution in [1.82, 2.24) is 9.97 Å². The highest BCUT2D eigenvalue weighted by Gasteiger charge is 2.12. The van der Waals surface area contributed by atoms with E-state index in [0.717, 1.165) is 6.42 Å². The number of esters is 1. The zero-order valence-electron chi connectivity index (χ0n) is 10.1. The first-order chi connectivity index (χ1) is 8.19. The molecule has 0 radical (unpaired) electrons. The van der Waals surface area contributed by atoms with Crippen LogP contribution in [0.15, 0.2) is 6.20 Å². The van der Waals surface area contributed by atoms with Gasteiger partial charge in [0.1, 0.15) is 0 Å². The molecule has 6 nitrogen and oxygen atoms in total. The Morgan fingerprint density at radius 1 is 1.53 bits per heavy atom. The molecule has 6 heteroatoms. The Labute approximate surface area is 100 Å². The van der Waals surface area contributed by atoms with Crippen LogP contribution in [0, 0.1) is 6.92 Å². The summed E-state index contributed by atoms with van der Waals surface area (Å²) in [5, 5.41) is 0. The topological polar surface area (TPSA) is 87.3 Å². The average molecular weight is 239 g/mol. The second kappa shape index (κ2) is 6.80. The Kier molecular flexibility index (Phi) is 5.35. The van der Waals surface area contributed by atoms with Crippen molar-refractivity contribution in [2.24, 2.45) is 5.73 Å². The standard InChI is InChI=1S/C11H17N3O3/c1-3-16-10(15)9-7-13-11(14-8(9)2)17-6-4-5-12/h7H,3-6,12H2,1-2H3. The van der Waals surface area contributed by atoms with Crippen LogP contribution in [0.4, 0.5) is 0 Å². The molecule has 0 atom stereocenters. The van der Waals surface area contributed by atoms with Crippen molar-refractivity contribution in [3.05, 3.63) is 17.5 Å². The number of ether oxygens (including phenoxy) is 2. The molecular formula is C11H17N3O3. The molecule has 0 saturated carbocycles. The van der Waals surface area contributed by atoms with E-state index in [0.29, 0.717) is 31.0 Å². The zero-order valence-corrected chi connectivity index (χ0v) is 10.1. The van der Waals surface area contributed by atoms with Crippen LogP contribution < -0.4 is 10.5 Å². The molecule has 2 N–H and O–H groups in total. The number of aryl methyl sites for hydroxylation is 1. The fourth-order valence-electron chi connectivity index (χ4n) is 1.17. The van der Waals surface area contributed by atoms with Gasteiger partial charge in [0.15, 0.2) is 0 Å². The van der Waals surface area contributed by atoms with Crippen molar-refractivity contribution in [3.8, 4) is 6.01 Å². The molecule has 1 aromatic rings. The highest BCUT2D eigenvalue weighted by atomic mass is 16.5. The normalized spacial score (nSPS) is 10.1. The van der Waals surface area contributed by atoms with Crippen LogP contribution in [0.3, 0.4) is 0 Å². The lowest BCUT2D eigenvalue weighted by Gasteiger charge is -2.07. The molecule has 0 fully saturated rings. The molecule has 0 amide bonds. The highest BCUT2D eigenvalue weighted by molar-refractivity contribution is 5.90. The number of nitrogens with two attached hydrogens (primary N) is 1. The number of hydrogen-bond acceptors (Lipinski definition) is 6. The number of hydrogen-bond donors (Lipinski definition) is 1. The van der Waals surface area contributed by atoms with E-state index in [2.05, 4.69) is 9.97 Å². The Hall–Kier alpha value is -1.69. The molecule has 0 unspecified atom stereocenters. The molecule has 0 aliphatic carbocycles. The molecule has 0 aliphatic heterocycles. The quantitative estimate of drug-likeness (QED) is 0.580. The van der Waals surface area contributed by atoms with Gasteiger partial charge in [-0.15, -0.1) is 0 Å². The van der Waals surface area contributed by atoms with E-state index >= 15 is 0 Å². The lowest BCUT2D eigenvalue weighted by molar-refractivity contribution is 0.0524. The number of carbonyl (C=O) groups excluding carboxylic acids is 1. The minimum absolute atomic E-state index is 0.254. The van der Waals surface area contributed by atoms with Crippen LogP contribution in [-0.4, -0.2) is 35.7 Å². The lowest BCUT2D eigenvalue weighted by atomic mass is 10.2. The summed E-state index contributed by atoms with van der Waals surface area (Å²) < 4.78 is 10.1. The van der Waals surface area contributed by atoms with Crippen LogP contribution in [0.25, 0.3) is 0 Å². The molecule has 0 spiro atoms. The van der Waals surface area contributed by atoms with E-state index in [4.69, 9.17) is 15.2 Å². The fraction of sp³-hybridized carbons (Fsp3) is 0.545. The van der Waals surface area contributed by atoms with E-state index in [1.54, 1.807) is 13.8 Å². The van der Waals surface area contributed by atoms with Crippen LogP contribution in [-0.2, 0) is 4.74 Å². The molecule has 1 heterocycles. The van der Waals surface area contributed by atoms with E-state index in [9.17, 15) is 4.79 Å². The van der Waals surface area contributed by atoms with Gasteiger partial charge in [-0.3, -0.25) is 0 Å². The monoisotopic (exact) mass is 239 g/mol. The van der Waals surface area contributed by atoms with Crippen LogP contribution >= 0.6 is 0 Å². The summed E-state index contributed by atoms with van der Waals surface area (Å²) >= 11 is 0. The molecular weight excluding hydrogens is 222 g/mol. The highest BCUT2D eigenvalue weighted by Crippen LogP contribution is 2.10. The summed E-state index contributed by atoms with van der Waals surface area (Å²) in [5.74, 6) is -0.418. The third-order valence-electron chi connectivity index (χ3n) is 2.03. The van der Waals surface area contributed by atoms with Gasteiger partial charge in [-0.25, -0.2) is 9.78 Å². The average Bonchev–Trinajstić information content (AvgIpc) is 2.29. The maximum Gasteiger partial charge on any atom is 0.341 e. The molecule has 1 rings (SSSR count). The fourth-order valence-corrected chi connectivity index (χ4v) is 1.17. The Morgan fingerprint density at radius 2 is 2.29 bits per heavy atom. The third kappa shape index (κ3) is 3.99. The van der Waals surface area contributed by atoms with Gasteiger partial charge in [0.2, 0.25) is 0 Å². The van der Waals surface area contributed by atoms with E-state index in [-0.39, 0.29) is 6.01 Å². The van der Waals surface area contributed by atoms with E-state index in [1.165, 1.54) is 6.20 Å². The molecule has 17 heavy (non-hydrogen) atoms. The molecule has 94 valence electrons. The van der Waals surface area contributed by atoms with E-state index < -0.39 is 5.97 Å². The van der Waals surface area contributed by atoms with Crippen LogP contribution in [0.5, 0.6) is 6.01 Å². The second-order valence-electron chi connectivity index (χ2n) is 3.36. The van der Waals surface area contributed by atoms with Crippen LogP contribution in [0.1, 0.15) is 29.4 Å². The lowest BCUT2D eigenvalue weighted by Crippen LogP contribution is -2.11. The van der Waals surface area contributed by atoms with Gasteiger partial charge < -0.3 is 15.2 Å². The predicted octanol–water partition coefficient (Wildman–Crippen LogP) is 0.689. The summed E-state index contributed by atoms with van der Waals surface area (Å²) in [6, 6.07) is 0.254. The Balaban J connectivity index is 2.68. The first kappa shape index (κ1) is 13.4. The van der Waals surface area contributed by atoms with Gasteiger partial charge >= 0.3 is 12.0 Å². The number of carbonyl (C=O) groups is 1. The molecule has 0 aliphatic rings. The zero-order chi connectivity index (χ0) is 12.7. The molecule has 1 aromatic heterocycles. The summed E-state index contributed by atoms with van der Waals surface area (Å²) in [6.45, 7) is 4.81. The van der Waals surface area contributed by atoms with Crippen molar-refractivity contribution in [2.45, 2.75) is 20.3 Å². The molecule has 0 bridgehead atoms. The number of nitrogens with zero attached hydrogens (tertiary/aromatic N) is 2. The smallest absolute Gasteiger partial charge is 0.341 e. The minimum atomic E-state index is -0.418. The van der Waals surface area contributed by atoms with Gasteiger partial charge in [0.05, 0.1) is 24.5 Å². The summed E-state index contributed by atoms with van der Waals surface area (Å²) in [5.41, 5.74) is 6.24. The number of rotatable bonds is 6. The first-order valence-corrected chi connectivity index (χ1v) is 5.52. The van der Waals surface area contributed by atoms with Gasteiger partial charge in [-0.05, 0) is 26.8 Å². The van der Waals surface area contributed by atoms with E-state index in [1.807, 2.05) is 0 Å². The van der Waals surface area contributed by atoms with Crippen molar-refractivity contribution < 1.29 is 14.3 Å².